The molecule has 0 N–H and O–H groups in total. The van der Waals surface area contributed by atoms with E-state index >= 15 is 0 Å². The smallest absolute Gasteiger partial charge is 0.345 e. The Morgan fingerprint density at radius 3 is 1.75 bits per heavy atom. The molecule has 50 valence electrons. The first-order chi connectivity index (χ1) is 3.68. The highest BCUT2D eigenvalue weighted by Gasteiger charge is 2.26. The van der Waals surface area contributed by atoms with Crippen molar-refractivity contribution in [1.29, 1.82) is 0 Å². The molecule has 0 aromatic heterocycles. The number of halogens is 1. The molecule has 8 heavy (non-hydrogen) atoms. The summed E-state index contributed by atoms with van der Waals surface area (Å²) in [5, 5.41) is 0. The van der Waals surface area contributed by atoms with Gasteiger partial charge in [0.25, 0.3) is 0 Å². The van der Waals surface area contributed by atoms with Crippen molar-refractivity contribution in [3.8, 4) is 0 Å². The van der Waals surface area contributed by atoms with Gasteiger partial charge in [-0.1, -0.05) is 15.9 Å². The van der Waals surface area contributed by atoms with Gasteiger partial charge in [-0.2, -0.15) is 0 Å². The van der Waals surface area contributed by atoms with Crippen LogP contribution in [-0.4, -0.2) is 27.7 Å². The van der Waals surface area contributed by atoms with Gasteiger partial charge in [0.2, 0.25) is 0 Å². The summed E-state index contributed by atoms with van der Waals surface area (Å²) in [6.45, 7) is 2.00. The van der Waals surface area contributed by atoms with E-state index in [1.807, 2.05) is 6.55 Å². The van der Waals surface area contributed by atoms with Crippen molar-refractivity contribution in [2.24, 2.45) is 0 Å². The number of rotatable bonds is 3. The maximum atomic E-state index is 5.11. The van der Waals surface area contributed by atoms with Crippen molar-refractivity contribution >= 4 is 24.5 Å². The lowest BCUT2D eigenvalue weighted by Crippen LogP contribution is -2.38. The van der Waals surface area contributed by atoms with E-state index < -0.39 is 8.56 Å². The third-order valence-electron chi connectivity index (χ3n) is 1.11. The van der Waals surface area contributed by atoms with Crippen molar-refractivity contribution in [1.82, 2.24) is 0 Å². The predicted octanol–water partition coefficient (Wildman–Crippen LogP) is 1.29. The second kappa shape index (κ2) is 3.61. The molecule has 2 nitrogen and oxygen atoms in total. The Morgan fingerprint density at radius 2 is 1.75 bits per heavy atom. The molecular weight excluding hydrogens is 188 g/mol. The first-order valence-electron chi connectivity index (χ1n) is 2.35. The standard InChI is InChI=1S/C4H11BrO2Si/c1-6-8(3,4-5)7-2/h4H2,1-3H3. The fraction of sp³-hybridized carbons (Fsp3) is 1.00. The summed E-state index contributed by atoms with van der Waals surface area (Å²) in [5.41, 5.74) is 0. The molecule has 0 aromatic carbocycles. The average Bonchev–Trinajstić information content (AvgIpc) is 1.87. The summed E-state index contributed by atoms with van der Waals surface area (Å²) in [5.74, 6) is 0. The lowest BCUT2D eigenvalue weighted by molar-refractivity contribution is 0.257. The predicted molar refractivity (Wildman–Crippen MR) is 39.4 cm³/mol. The lowest BCUT2D eigenvalue weighted by Gasteiger charge is -2.18. The van der Waals surface area contributed by atoms with Crippen molar-refractivity contribution < 1.29 is 8.85 Å². The van der Waals surface area contributed by atoms with E-state index in [0.717, 1.165) is 4.95 Å². The van der Waals surface area contributed by atoms with Gasteiger partial charge < -0.3 is 8.85 Å². The topological polar surface area (TPSA) is 18.5 Å². The summed E-state index contributed by atoms with van der Waals surface area (Å²) in [4.78, 5) is 0.826. The monoisotopic (exact) mass is 198 g/mol. The fourth-order valence-electron chi connectivity index (χ4n) is 0.192. The summed E-state index contributed by atoms with van der Waals surface area (Å²) < 4.78 is 10.2. The molecule has 0 fully saturated rings. The largest absolute Gasteiger partial charge is 0.397 e. The second-order valence-electron chi connectivity index (χ2n) is 1.68. The highest BCUT2D eigenvalue weighted by Crippen LogP contribution is 2.06. The summed E-state index contributed by atoms with van der Waals surface area (Å²) in [6, 6.07) is 0. The van der Waals surface area contributed by atoms with Crippen LogP contribution in [0.25, 0.3) is 0 Å². The van der Waals surface area contributed by atoms with E-state index in [1.54, 1.807) is 14.2 Å². The van der Waals surface area contributed by atoms with Gasteiger partial charge in [-0.3, -0.25) is 0 Å². The second-order valence-corrected chi connectivity index (χ2v) is 6.71. The van der Waals surface area contributed by atoms with Crippen LogP contribution in [0.1, 0.15) is 0 Å². The highest BCUT2D eigenvalue weighted by molar-refractivity contribution is 9.09. The summed E-state index contributed by atoms with van der Waals surface area (Å²) in [7, 11) is 1.60. The van der Waals surface area contributed by atoms with E-state index in [9.17, 15) is 0 Å². The Labute approximate surface area is 59.6 Å². The normalized spacial score (nSPS) is 12.0. The molecule has 0 spiro atoms. The van der Waals surface area contributed by atoms with E-state index in [0.29, 0.717) is 0 Å². The molecule has 0 aliphatic heterocycles. The molecule has 0 atom stereocenters. The van der Waals surface area contributed by atoms with Gasteiger partial charge in [0.15, 0.2) is 0 Å². The minimum Gasteiger partial charge on any atom is -0.397 e. The zero-order valence-corrected chi connectivity index (χ0v) is 7.99. The van der Waals surface area contributed by atoms with Gasteiger partial charge in [0, 0.05) is 19.2 Å². The minimum atomic E-state index is -1.75. The van der Waals surface area contributed by atoms with Crippen LogP contribution in [0.2, 0.25) is 6.55 Å². The van der Waals surface area contributed by atoms with Gasteiger partial charge in [-0.25, -0.2) is 0 Å². The first-order valence-corrected chi connectivity index (χ1v) is 5.99. The van der Waals surface area contributed by atoms with E-state index in [4.69, 9.17) is 8.85 Å². The van der Waals surface area contributed by atoms with Crippen LogP contribution in [0, 0.1) is 0 Å². The van der Waals surface area contributed by atoms with Crippen LogP contribution < -0.4 is 0 Å². The maximum absolute atomic E-state index is 5.11. The number of hydrogen-bond acceptors (Lipinski definition) is 2. The molecule has 0 radical (unpaired) electrons. The Hall–Kier alpha value is 0.617. The van der Waals surface area contributed by atoms with Crippen LogP contribution in [0.4, 0.5) is 0 Å². The number of alkyl halides is 1. The Balaban J connectivity index is 3.58. The van der Waals surface area contributed by atoms with Gasteiger partial charge in [0.1, 0.15) is 0 Å². The van der Waals surface area contributed by atoms with Crippen molar-refractivity contribution in [3.05, 3.63) is 0 Å². The van der Waals surface area contributed by atoms with Crippen LogP contribution in [0.15, 0.2) is 0 Å². The Bertz CT molecular complexity index is 56.8. The summed E-state index contributed by atoms with van der Waals surface area (Å²) >= 11 is 3.30. The molecule has 0 bridgehead atoms. The quantitative estimate of drug-likeness (QED) is 0.503. The SMILES string of the molecule is CO[Si](C)(CBr)OC. The van der Waals surface area contributed by atoms with Gasteiger partial charge in [0.05, 0.1) is 0 Å². The van der Waals surface area contributed by atoms with Crippen molar-refractivity contribution in [3.63, 3.8) is 0 Å². The zero-order valence-electron chi connectivity index (χ0n) is 5.40. The van der Waals surface area contributed by atoms with Crippen LogP contribution >= 0.6 is 15.9 Å². The average molecular weight is 199 g/mol. The van der Waals surface area contributed by atoms with Crippen LogP contribution in [0.5, 0.6) is 0 Å². The molecule has 0 rings (SSSR count). The van der Waals surface area contributed by atoms with E-state index in [-0.39, 0.29) is 0 Å². The number of hydrogen-bond donors (Lipinski definition) is 0. The molecule has 0 aliphatic rings. The van der Waals surface area contributed by atoms with Crippen molar-refractivity contribution in [2.75, 3.05) is 19.2 Å². The molecule has 0 amide bonds. The molecule has 0 unspecified atom stereocenters. The van der Waals surface area contributed by atoms with Gasteiger partial charge in [-0.15, -0.1) is 0 Å². The zero-order chi connectivity index (χ0) is 6.62. The third-order valence-corrected chi connectivity index (χ3v) is 6.37. The summed E-state index contributed by atoms with van der Waals surface area (Å²) in [6.07, 6.45) is 0. The molecular formula is C4H11BrO2Si. The Kier molecular flexibility index (Phi) is 3.88. The first kappa shape index (κ1) is 8.62. The lowest BCUT2D eigenvalue weighted by atomic mass is 11.8. The highest BCUT2D eigenvalue weighted by atomic mass is 79.9. The molecule has 0 saturated carbocycles. The maximum Gasteiger partial charge on any atom is 0.345 e. The molecule has 4 heteroatoms. The fourth-order valence-corrected chi connectivity index (χ4v) is 1.95. The van der Waals surface area contributed by atoms with E-state index in [2.05, 4.69) is 15.9 Å². The third kappa shape index (κ3) is 2.26. The van der Waals surface area contributed by atoms with E-state index in [1.165, 1.54) is 0 Å². The minimum absolute atomic E-state index is 0.826. The van der Waals surface area contributed by atoms with Gasteiger partial charge in [-0.05, 0) is 6.55 Å². The molecule has 0 heterocycles. The van der Waals surface area contributed by atoms with Crippen LogP contribution in [-0.2, 0) is 8.85 Å². The Morgan fingerprint density at radius 1 is 1.38 bits per heavy atom. The van der Waals surface area contributed by atoms with Crippen LogP contribution in [0.3, 0.4) is 0 Å². The van der Waals surface area contributed by atoms with Gasteiger partial charge >= 0.3 is 8.56 Å². The molecule has 0 saturated heterocycles. The van der Waals surface area contributed by atoms with Crippen molar-refractivity contribution in [2.45, 2.75) is 6.55 Å². The molecule has 0 aliphatic carbocycles. The molecule has 0 aromatic rings.